The standard InChI is InChI=1S/C18H17FN2O4/c1-25-18(24)13-6-3-5-12(10-13)17(23)21-15(16(20)22)9-11-4-2-7-14(19)8-11/h2-8,10,15H,9H2,1H3,(H2,20,22)(H,21,23)/t15-/m1/s1. The van der Waals surface area contributed by atoms with Crippen LogP contribution in [0.4, 0.5) is 4.39 Å². The van der Waals surface area contributed by atoms with E-state index in [2.05, 4.69) is 10.1 Å². The fourth-order valence-corrected chi connectivity index (χ4v) is 2.27. The molecule has 6 nitrogen and oxygen atoms in total. The van der Waals surface area contributed by atoms with E-state index < -0.39 is 29.6 Å². The smallest absolute Gasteiger partial charge is 0.337 e. The Bertz CT molecular complexity index is 807. The predicted octanol–water partition coefficient (Wildman–Crippen LogP) is 1.44. The van der Waals surface area contributed by atoms with Crippen molar-refractivity contribution in [2.75, 3.05) is 7.11 Å². The minimum atomic E-state index is -1.02. The summed E-state index contributed by atoms with van der Waals surface area (Å²) >= 11 is 0. The van der Waals surface area contributed by atoms with Crippen LogP contribution in [-0.4, -0.2) is 30.9 Å². The monoisotopic (exact) mass is 344 g/mol. The van der Waals surface area contributed by atoms with Crippen LogP contribution < -0.4 is 11.1 Å². The van der Waals surface area contributed by atoms with Crippen LogP contribution in [0.1, 0.15) is 26.3 Å². The van der Waals surface area contributed by atoms with E-state index in [4.69, 9.17) is 5.73 Å². The summed E-state index contributed by atoms with van der Waals surface area (Å²) in [6.07, 6.45) is 0.0511. The summed E-state index contributed by atoms with van der Waals surface area (Å²) in [6, 6.07) is 10.5. The van der Waals surface area contributed by atoms with Gasteiger partial charge in [-0.3, -0.25) is 9.59 Å². The number of hydrogen-bond acceptors (Lipinski definition) is 4. The largest absolute Gasteiger partial charge is 0.465 e. The summed E-state index contributed by atoms with van der Waals surface area (Å²) in [4.78, 5) is 35.5. The normalized spacial score (nSPS) is 11.4. The van der Waals surface area contributed by atoms with Gasteiger partial charge in [-0.2, -0.15) is 0 Å². The van der Waals surface area contributed by atoms with Gasteiger partial charge in [-0.05, 0) is 35.9 Å². The number of ether oxygens (including phenoxy) is 1. The van der Waals surface area contributed by atoms with E-state index >= 15 is 0 Å². The lowest BCUT2D eigenvalue weighted by Crippen LogP contribution is -2.45. The number of hydrogen-bond donors (Lipinski definition) is 2. The second-order valence-electron chi connectivity index (χ2n) is 5.33. The molecule has 2 aromatic rings. The highest BCUT2D eigenvalue weighted by molar-refractivity contribution is 5.99. The molecule has 0 bridgehead atoms. The van der Waals surface area contributed by atoms with E-state index in [9.17, 15) is 18.8 Å². The molecule has 0 spiro atoms. The highest BCUT2D eigenvalue weighted by atomic mass is 19.1. The van der Waals surface area contributed by atoms with Crippen molar-refractivity contribution in [3.63, 3.8) is 0 Å². The Balaban J connectivity index is 2.15. The number of nitrogens with one attached hydrogen (secondary N) is 1. The Labute approximate surface area is 143 Å². The second-order valence-corrected chi connectivity index (χ2v) is 5.33. The zero-order valence-corrected chi connectivity index (χ0v) is 13.5. The molecule has 0 saturated carbocycles. The molecule has 130 valence electrons. The van der Waals surface area contributed by atoms with E-state index in [1.54, 1.807) is 6.07 Å². The highest BCUT2D eigenvalue weighted by Crippen LogP contribution is 2.09. The van der Waals surface area contributed by atoms with E-state index in [0.717, 1.165) is 0 Å². The molecule has 7 heteroatoms. The van der Waals surface area contributed by atoms with E-state index in [0.29, 0.717) is 5.56 Å². The molecular weight excluding hydrogens is 327 g/mol. The molecule has 0 unspecified atom stereocenters. The van der Waals surface area contributed by atoms with Gasteiger partial charge in [0, 0.05) is 12.0 Å². The molecule has 2 amide bonds. The maximum absolute atomic E-state index is 13.3. The van der Waals surface area contributed by atoms with Crippen molar-refractivity contribution in [2.45, 2.75) is 12.5 Å². The van der Waals surface area contributed by atoms with E-state index in [-0.39, 0.29) is 17.5 Å². The lowest BCUT2D eigenvalue weighted by molar-refractivity contribution is -0.119. The molecule has 3 N–H and O–H groups in total. The predicted molar refractivity (Wildman–Crippen MR) is 88.3 cm³/mol. The van der Waals surface area contributed by atoms with Gasteiger partial charge >= 0.3 is 5.97 Å². The molecular formula is C18H17FN2O4. The minimum Gasteiger partial charge on any atom is -0.465 e. The van der Waals surface area contributed by atoms with Crippen molar-refractivity contribution in [3.05, 3.63) is 71.0 Å². The second kappa shape index (κ2) is 8.05. The number of halogens is 1. The summed E-state index contributed by atoms with van der Waals surface area (Å²) in [5.41, 5.74) is 6.23. The number of amides is 2. The summed E-state index contributed by atoms with van der Waals surface area (Å²) in [6.45, 7) is 0. The molecule has 0 aliphatic rings. The first-order chi connectivity index (χ1) is 11.9. The maximum Gasteiger partial charge on any atom is 0.337 e. The van der Waals surface area contributed by atoms with Crippen LogP contribution in [0.2, 0.25) is 0 Å². The Morgan fingerprint density at radius 3 is 2.44 bits per heavy atom. The average molecular weight is 344 g/mol. The van der Waals surface area contributed by atoms with Gasteiger partial charge in [0.05, 0.1) is 12.7 Å². The van der Waals surface area contributed by atoms with Crippen molar-refractivity contribution in [2.24, 2.45) is 5.73 Å². The van der Waals surface area contributed by atoms with Crippen molar-refractivity contribution in [3.8, 4) is 0 Å². The van der Waals surface area contributed by atoms with Gasteiger partial charge in [0.1, 0.15) is 11.9 Å². The number of methoxy groups -OCH3 is 1. The van der Waals surface area contributed by atoms with Gasteiger partial charge in [-0.25, -0.2) is 9.18 Å². The van der Waals surface area contributed by atoms with Gasteiger partial charge in [0.25, 0.3) is 5.91 Å². The van der Waals surface area contributed by atoms with Crippen molar-refractivity contribution >= 4 is 17.8 Å². The number of esters is 1. The van der Waals surface area contributed by atoms with Crippen LogP contribution in [-0.2, 0) is 16.0 Å². The quantitative estimate of drug-likeness (QED) is 0.775. The number of carbonyl (C=O) groups is 3. The molecule has 25 heavy (non-hydrogen) atoms. The summed E-state index contributed by atoms with van der Waals surface area (Å²) in [5, 5.41) is 2.50. The summed E-state index contributed by atoms with van der Waals surface area (Å²) in [5.74, 6) is -2.36. The highest BCUT2D eigenvalue weighted by Gasteiger charge is 2.20. The zero-order chi connectivity index (χ0) is 18.4. The third-order valence-corrected chi connectivity index (χ3v) is 3.52. The van der Waals surface area contributed by atoms with E-state index in [1.165, 1.54) is 49.6 Å². The first kappa shape index (κ1) is 18.1. The molecule has 0 aliphatic carbocycles. The summed E-state index contributed by atoms with van der Waals surface area (Å²) < 4.78 is 17.9. The van der Waals surface area contributed by atoms with Gasteiger partial charge in [0.15, 0.2) is 0 Å². The van der Waals surface area contributed by atoms with Gasteiger partial charge in [-0.15, -0.1) is 0 Å². The van der Waals surface area contributed by atoms with Crippen LogP contribution in [0.3, 0.4) is 0 Å². The minimum absolute atomic E-state index is 0.0511. The molecule has 0 radical (unpaired) electrons. The number of carbonyl (C=O) groups excluding carboxylic acids is 3. The third-order valence-electron chi connectivity index (χ3n) is 3.52. The molecule has 2 rings (SSSR count). The number of benzene rings is 2. The van der Waals surface area contributed by atoms with Gasteiger partial charge in [-0.1, -0.05) is 18.2 Å². The number of nitrogens with two attached hydrogens (primary N) is 1. The van der Waals surface area contributed by atoms with E-state index in [1.807, 2.05) is 0 Å². The Morgan fingerprint density at radius 2 is 1.80 bits per heavy atom. The Hall–Kier alpha value is -3.22. The third kappa shape index (κ3) is 4.87. The average Bonchev–Trinajstić information content (AvgIpc) is 2.60. The van der Waals surface area contributed by atoms with Crippen LogP contribution in [0, 0.1) is 5.82 Å². The van der Waals surface area contributed by atoms with Crippen LogP contribution in [0.25, 0.3) is 0 Å². The molecule has 1 atom stereocenters. The van der Waals surface area contributed by atoms with Crippen molar-refractivity contribution < 1.29 is 23.5 Å². The van der Waals surface area contributed by atoms with Crippen molar-refractivity contribution in [1.82, 2.24) is 5.32 Å². The molecule has 0 aliphatic heterocycles. The van der Waals surface area contributed by atoms with Crippen LogP contribution in [0.5, 0.6) is 0 Å². The fourth-order valence-electron chi connectivity index (χ4n) is 2.27. The maximum atomic E-state index is 13.3. The van der Waals surface area contributed by atoms with Gasteiger partial charge in [0.2, 0.25) is 5.91 Å². The Morgan fingerprint density at radius 1 is 1.12 bits per heavy atom. The SMILES string of the molecule is COC(=O)c1cccc(C(=O)N[C@H](Cc2cccc(F)c2)C(N)=O)c1. The molecule has 0 aromatic heterocycles. The van der Waals surface area contributed by atoms with Crippen molar-refractivity contribution in [1.29, 1.82) is 0 Å². The molecule has 0 saturated heterocycles. The Kier molecular flexibility index (Phi) is 5.84. The van der Waals surface area contributed by atoms with Crippen LogP contribution in [0.15, 0.2) is 48.5 Å². The molecule has 0 heterocycles. The first-order valence-electron chi connectivity index (χ1n) is 7.43. The molecule has 2 aromatic carbocycles. The van der Waals surface area contributed by atoms with Crippen LogP contribution >= 0.6 is 0 Å². The lowest BCUT2D eigenvalue weighted by atomic mass is 10.0. The first-order valence-corrected chi connectivity index (χ1v) is 7.43. The fraction of sp³-hybridized carbons (Fsp3) is 0.167. The number of rotatable bonds is 6. The summed E-state index contributed by atoms with van der Waals surface area (Å²) in [7, 11) is 1.23. The molecule has 0 fully saturated rings. The zero-order valence-electron chi connectivity index (χ0n) is 13.5. The lowest BCUT2D eigenvalue weighted by Gasteiger charge is -2.16. The number of primary amides is 1. The topological polar surface area (TPSA) is 98.5 Å². The van der Waals surface area contributed by atoms with Gasteiger partial charge < -0.3 is 15.8 Å².